The first-order valence-corrected chi connectivity index (χ1v) is 17.8. The van der Waals surface area contributed by atoms with Crippen molar-refractivity contribution in [2.24, 2.45) is 0 Å². The van der Waals surface area contributed by atoms with Gasteiger partial charge >= 0.3 is 0 Å². The van der Waals surface area contributed by atoms with Gasteiger partial charge in [-0.15, -0.1) is 0 Å². The Morgan fingerprint density at radius 3 is 2.06 bits per heavy atom. The first kappa shape index (κ1) is 29.4. The molecular formula is C47H38BN2. The molecule has 0 atom stereocenters. The van der Waals surface area contributed by atoms with Crippen molar-refractivity contribution in [2.75, 3.05) is 5.32 Å². The van der Waals surface area contributed by atoms with Crippen molar-refractivity contribution in [1.82, 2.24) is 4.57 Å². The molecule has 0 bridgehead atoms. The predicted molar refractivity (Wildman–Crippen MR) is 215 cm³/mol. The smallest absolute Gasteiger partial charge is 0.197 e. The molecule has 0 saturated carbocycles. The Morgan fingerprint density at radius 2 is 1.28 bits per heavy atom. The molecule has 1 aliphatic carbocycles. The normalized spacial score (nSPS) is 14.0. The molecule has 0 fully saturated rings. The van der Waals surface area contributed by atoms with Crippen LogP contribution in [-0.2, 0) is 10.8 Å². The van der Waals surface area contributed by atoms with Crippen LogP contribution in [0.15, 0.2) is 133 Å². The third-order valence-electron chi connectivity index (χ3n) is 11.3. The maximum absolute atomic E-state index is 3.88. The number of rotatable bonds is 3. The van der Waals surface area contributed by atoms with Crippen LogP contribution in [0.3, 0.4) is 0 Å². The van der Waals surface area contributed by atoms with Crippen LogP contribution in [0.1, 0.15) is 51.4 Å². The van der Waals surface area contributed by atoms with Gasteiger partial charge in [-0.1, -0.05) is 143 Å². The van der Waals surface area contributed by atoms with Crippen molar-refractivity contribution in [1.29, 1.82) is 0 Å². The van der Waals surface area contributed by atoms with E-state index in [-0.39, 0.29) is 10.8 Å². The summed E-state index contributed by atoms with van der Waals surface area (Å²) < 4.78 is 2.64. The van der Waals surface area contributed by atoms with Gasteiger partial charge in [-0.05, 0) is 79.6 Å². The number of benzene rings is 7. The number of aromatic nitrogens is 1. The second kappa shape index (κ2) is 10.2. The van der Waals surface area contributed by atoms with Crippen LogP contribution < -0.4 is 16.2 Å². The molecule has 1 radical (unpaired) electrons. The highest BCUT2D eigenvalue weighted by Crippen LogP contribution is 2.54. The number of hydrogen-bond acceptors (Lipinski definition) is 1. The maximum atomic E-state index is 3.88. The van der Waals surface area contributed by atoms with Gasteiger partial charge in [0.25, 0.3) is 0 Å². The largest absolute Gasteiger partial charge is 0.355 e. The molecule has 50 heavy (non-hydrogen) atoms. The van der Waals surface area contributed by atoms with Gasteiger partial charge in [0.1, 0.15) is 0 Å². The summed E-state index contributed by atoms with van der Waals surface area (Å²) in [4.78, 5) is 0. The monoisotopic (exact) mass is 641 g/mol. The van der Waals surface area contributed by atoms with Crippen molar-refractivity contribution < 1.29 is 0 Å². The second-order valence-corrected chi connectivity index (χ2v) is 15.7. The molecule has 239 valence electrons. The molecule has 0 unspecified atom stereocenters. The molecule has 0 spiro atoms. The third kappa shape index (κ3) is 4.10. The summed E-state index contributed by atoms with van der Waals surface area (Å²) in [5.41, 5.74) is 16.5. The molecule has 0 amide bonds. The lowest BCUT2D eigenvalue weighted by Crippen LogP contribution is -2.39. The molecular weight excluding hydrogens is 603 g/mol. The van der Waals surface area contributed by atoms with E-state index in [1.165, 1.54) is 88.1 Å². The van der Waals surface area contributed by atoms with Gasteiger partial charge < -0.3 is 9.88 Å². The van der Waals surface area contributed by atoms with Crippen LogP contribution in [0, 0.1) is 0 Å². The van der Waals surface area contributed by atoms with Crippen molar-refractivity contribution in [3.8, 4) is 27.9 Å². The van der Waals surface area contributed by atoms with Gasteiger partial charge in [0, 0.05) is 55.6 Å². The van der Waals surface area contributed by atoms with E-state index >= 15 is 0 Å². The summed E-state index contributed by atoms with van der Waals surface area (Å²) >= 11 is 0. The molecule has 3 heteroatoms. The predicted octanol–water partition coefficient (Wildman–Crippen LogP) is 10.9. The summed E-state index contributed by atoms with van der Waals surface area (Å²) in [6.45, 7) is 11.6. The minimum Gasteiger partial charge on any atom is -0.355 e. The van der Waals surface area contributed by atoms with E-state index in [9.17, 15) is 0 Å². The van der Waals surface area contributed by atoms with E-state index in [2.05, 4.69) is 185 Å². The highest BCUT2D eigenvalue weighted by Gasteiger charge is 2.43. The Bertz CT molecular complexity index is 2700. The Balaban J connectivity index is 1.28. The van der Waals surface area contributed by atoms with E-state index in [1.807, 2.05) is 0 Å². The summed E-state index contributed by atoms with van der Waals surface area (Å²) in [6.07, 6.45) is 0. The molecule has 7 aromatic carbocycles. The molecule has 10 rings (SSSR count). The van der Waals surface area contributed by atoms with Gasteiger partial charge in [0.05, 0.1) is 0 Å². The van der Waals surface area contributed by atoms with Crippen LogP contribution in [0.4, 0.5) is 11.4 Å². The molecule has 1 N–H and O–H groups in total. The van der Waals surface area contributed by atoms with E-state index in [0.717, 1.165) is 11.4 Å². The minimum absolute atomic E-state index is 0.100. The first-order valence-electron chi connectivity index (χ1n) is 17.8. The standard InChI is InChI=1S/C47H38BN2/c1-46(2,3)31-21-23-32(24-22-31)49-40-27-29-14-7-6-13-28(29)25-36(40)37-26-30-15-8-9-16-33(30)44-42(37)48-39-20-12-18-35-41-34-17-10-11-19-38(34)47(4,5)45(41)50(44)43(35)39/h6-27,49H,1-5H3. The van der Waals surface area contributed by atoms with Crippen molar-refractivity contribution in [2.45, 2.75) is 45.4 Å². The summed E-state index contributed by atoms with van der Waals surface area (Å²) in [7, 11) is 2.45. The van der Waals surface area contributed by atoms with Gasteiger partial charge in [0.2, 0.25) is 0 Å². The minimum atomic E-state index is -0.164. The van der Waals surface area contributed by atoms with Crippen LogP contribution in [0.5, 0.6) is 0 Å². The lowest BCUT2D eigenvalue weighted by molar-refractivity contribution is 0.590. The van der Waals surface area contributed by atoms with Crippen molar-refractivity contribution in [3.05, 3.63) is 150 Å². The number of nitrogens with one attached hydrogen (secondary N) is 1. The molecule has 2 aliphatic rings. The van der Waals surface area contributed by atoms with Crippen LogP contribution in [0.2, 0.25) is 0 Å². The number of nitrogens with zero attached hydrogens (tertiary/aromatic N) is 1. The van der Waals surface area contributed by atoms with Gasteiger partial charge in [-0.3, -0.25) is 0 Å². The van der Waals surface area contributed by atoms with E-state index in [4.69, 9.17) is 0 Å². The lowest BCUT2D eigenvalue weighted by atomic mass is 9.58. The number of para-hydroxylation sites is 1. The third-order valence-corrected chi connectivity index (χ3v) is 11.3. The fraction of sp³-hybridized carbons (Fsp3) is 0.149. The zero-order valence-electron chi connectivity index (χ0n) is 29.2. The zero-order chi connectivity index (χ0) is 33.9. The van der Waals surface area contributed by atoms with E-state index in [1.54, 1.807) is 0 Å². The number of fused-ring (bicyclic) bond motifs is 10. The average molecular weight is 642 g/mol. The van der Waals surface area contributed by atoms with Crippen LogP contribution in [-0.4, -0.2) is 11.8 Å². The van der Waals surface area contributed by atoms with Gasteiger partial charge in [0.15, 0.2) is 7.28 Å². The van der Waals surface area contributed by atoms with Crippen LogP contribution >= 0.6 is 0 Å². The zero-order valence-corrected chi connectivity index (χ0v) is 29.2. The Hall–Kier alpha value is -5.54. The highest BCUT2D eigenvalue weighted by atomic mass is 15.0. The Morgan fingerprint density at radius 1 is 0.620 bits per heavy atom. The lowest BCUT2D eigenvalue weighted by Gasteiger charge is -2.31. The molecule has 1 aliphatic heterocycles. The molecule has 8 aromatic rings. The van der Waals surface area contributed by atoms with E-state index < -0.39 is 0 Å². The summed E-state index contributed by atoms with van der Waals surface area (Å²) in [6, 6.07) is 49.6. The fourth-order valence-corrected chi connectivity index (χ4v) is 8.83. The van der Waals surface area contributed by atoms with Crippen molar-refractivity contribution in [3.63, 3.8) is 0 Å². The van der Waals surface area contributed by atoms with Gasteiger partial charge in [-0.2, -0.15) is 0 Å². The average Bonchev–Trinajstić information content (AvgIpc) is 3.59. The van der Waals surface area contributed by atoms with Gasteiger partial charge in [-0.25, -0.2) is 0 Å². The number of hydrogen-bond donors (Lipinski definition) is 1. The quantitative estimate of drug-likeness (QED) is 0.190. The topological polar surface area (TPSA) is 17.0 Å². The molecule has 0 saturated heterocycles. The highest BCUT2D eigenvalue weighted by molar-refractivity contribution is 6.73. The second-order valence-electron chi connectivity index (χ2n) is 15.7. The molecule has 1 aromatic heterocycles. The summed E-state index contributed by atoms with van der Waals surface area (Å²) in [5.74, 6) is 0. The maximum Gasteiger partial charge on any atom is 0.197 e. The molecule has 2 nitrogen and oxygen atoms in total. The van der Waals surface area contributed by atoms with Crippen molar-refractivity contribution >= 4 is 62.0 Å². The van der Waals surface area contributed by atoms with Crippen LogP contribution in [0.25, 0.3) is 60.4 Å². The number of anilines is 2. The van der Waals surface area contributed by atoms with E-state index in [0.29, 0.717) is 0 Å². The SMILES string of the molecule is CC(C)(C)c1ccc(Nc2cc3ccccc3cc2-c2cc3ccccc3c3c2[B]c2cccc4c5c(n-3c24)C(C)(C)c2ccccc2-5)cc1. The summed E-state index contributed by atoms with van der Waals surface area (Å²) in [5, 5.41) is 10.2. The fourth-order valence-electron chi connectivity index (χ4n) is 8.83. The first-order chi connectivity index (χ1) is 24.2. The molecule has 2 heterocycles. The Kier molecular flexibility index (Phi) is 6.02. The Labute approximate surface area is 294 Å².